The number of rotatable bonds is 4. The molecule has 0 aromatic rings. The van der Waals surface area contributed by atoms with Gasteiger partial charge in [0.1, 0.15) is 0 Å². The summed E-state index contributed by atoms with van der Waals surface area (Å²) < 4.78 is 10.8. The number of esters is 1. The second kappa shape index (κ2) is 7.38. The minimum absolute atomic E-state index is 0.0403. The highest BCUT2D eigenvalue weighted by Crippen LogP contribution is 2.19. The Morgan fingerprint density at radius 3 is 2.85 bits per heavy atom. The van der Waals surface area contributed by atoms with Gasteiger partial charge in [0, 0.05) is 32.2 Å². The number of ether oxygens (including phenoxy) is 2. The average Bonchev–Trinajstić information content (AvgIpc) is 2.47. The van der Waals surface area contributed by atoms with E-state index in [1.807, 2.05) is 0 Å². The molecular weight excluding hydrogens is 256 g/mol. The van der Waals surface area contributed by atoms with E-state index < -0.39 is 0 Å². The van der Waals surface area contributed by atoms with Crippen molar-refractivity contribution in [3.05, 3.63) is 0 Å². The Morgan fingerprint density at radius 2 is 2.15 bits per heavy atom. The summed E-state index contributed by atoms with van der Waals surface area (Å²) in [5.41, 5.74) is 0. The molecule has 20 heavy (non-hydrogen) atoms. The van der Waals surface area contributed by atoms with Gasteiger partial charge in [-0.1, -0.05) is 0 Å². The molecule has 116 valence electrons. The lowest BCUT2D eigenvalue weighted by atomic mass is 9.98. The van der Waals surface area contributed by atoms with Gasteiger partial charge in [-0.05, 0) is 33.2 Å². The van der Waals surface area contributed by atoms with Crippen molar-refractivity contribution in [3.8, 4) is 0 Å². The summed E-state index contributed by atoms with van der Waals surface area (Å²) >= 11 is 0. The molecule has 0 aliphatic carbocycles. The number of carbonyl (C=O) groups excluding carboxylic acids is 1. The Kier molecular flexibility index (Phi) is 5.81. The van der Waals surface area contributed by atoms with Gasteiger partial charge < -0.3 is 9.47 Å². The van der Waals surface area contributed by atoms with Crippen LogP contribution in [0.3, 0.4) is 0 Å². The predicted molar refractivity (Wildman–Crippen MR) is 77.6 cm³/mol. The number of methoxy groups -OCH3 is 1. The maximum Gasteiger partial charge on any atom is 0.309 e. The second-order valence-corrected chi connectivity index (χ2v) is 6.20. The van der Waals surface area contributed by atoms with E-state index in [0.717, 1.165) is 52.2 Å². The van der Waals surface area contributed by atoms with Crippen LogP contribution in [-0.4, -0.2) is 74.4 Å². The third-order valence-corrected chi connectivity index (χ3v) is 4.40. The summed E-state index contributed by atoms with van der Waals surface area (Å²) in [7, 11) is 1.48. The Balaban J connectivity index is 1.81. The summed E-state index contributed by atoms with van der Waals surface area (Å²) in [6.45, 7) is 10.1. The van der Waals surface area contributed by atoms with Crippen LogP contribution in [0.25, 0.3) is 0 Å². The highest BCUT2D eigenvalue weighted by atomic mass is 16.5. The quantitative estimate of drug-likeness (QED) is 0.720. The topological polar surface area (TPSA) is 42.0 Å². The van der Waals surface area contributed by atoms with Gasteiger partial charge in [0.2, 0.25) is 0 Å². The minimum Gasteiger partial charge on any atom is -0.469 e. The van der Waals surface area contributed by atoms with Crippen LogP contribution in [0.5, 0.6) is 0 Å². The molecule has 5 nitrogen and oxygen atoms in total. The molecule has 2 aliphatic heterocycles. The van der Waals surface area contributed by atoms with Gasteiger partial charge in [-0.15, -0.1) is 0 Å². The van der Waals surface area contributed by atoms with Gasteiger partial charge in [0.05, 0.1) is 25.7 Å². The lowest BCUT2D eigenvalue weighted by molar-refractivity contribution is -0.147. The van der Waals surface area contributed by atoms with Gasteiger partial charge >= 0.3 is 5.97 Å². The first kappa shape index (κ1) is 15.7. The molecule has 0 aromatic heterocycles. The van der Waals surface area contributed by atoms with Crippen LogP contribution in [-0.2, 0) is 14.3 Å². The van der Waals surface area contributed by atoms with E-state index in [9.17, 15) is 4.79 Å². The number of likely N-dealkylation sites (tertiary alicyclic amines) is 1. The number of morpholine rings is 1. The fourth-order valence-corrected chi connectivity index (χ4v) is 3.19. The van der Waals surface area contributed by atoms with E-state index in [-0.39, 0.29) is 18.0 Å². The van der Waals surface area contributed by atoms with Crippen LogP contribution in [0, 0.1) is 5.92 Å². The molecule has 2 rings (SSSR count). The van der Waals surface area contributed by atoms with Crippen molar-refractivity contribution in [2.45, 2.75) is 38.8 Å². The normalized spacial score (nSPS) is 29.6. The number of piperidine rings is 1. The smallest absolute Gasteiger partial charge is 0.309 e. The number of hydrogen-bond acceptors (Lipinski definition) is 5. The summed E-state index contributed by atoms with van der Waals surface area (Å²) in [4.78, 5) is 16.5. The van der Waals surface area contributed by atoms with Crippen molar-refractivity contribution in [2.75, 3.05) is 46.4 Å². The van der Waals surface area contributed by atoms with Crippen molar-refractivity contribution in [1.82, 2.24) is 9.80 Å². The highest BCUT2D eigenvalue weighted by molar-refractivity contribution is 5.72. The standard InChI is InChI=1S/C15H28N2O3/c1-12(2)17-7-8-20-14(11-17)10-16-6-4-5-13(9-16)15(18)19-3/h12-14H,4-11H2,1-3H3. The maximum absolute atomic E-state index is 11.7. The van der Waals surface area contributed by atoms with E-state index in [2.05, 4.69) is 23.6 Å². The molecule has 2 heterocycles. The molecule has 2 fully saturated rings. The van der Waals surface area contributed by atoms with Gasteiger partial charge in [0.15, 0.2) is 0 Å². The summed E-state index contributed by atoms with van der Waals surface area (Å²) in [6.07, 6.45) is 2.29. The Hall–Kier alpha value is -0.650. The highest BCUT2D eigenvalue weighted by Gasteiger charge is 2.29. The zero-order chi connectivity index (χ0) is 14.5. The summed E-state index contributed by atoms with van der Waals surface area (Å²) in [5, 5.41) is 0. The molecule has 0 amide bonds. The minimum atomic E-state index is -0.0666. The fourth-order valence-electron chi connectivity index (χ4n) is 3.19. The largest absolute Gasteiger partial charge is 0.469 e. The molecule has 0 aromatic carbocycles. The van der Waals surface area contributed by atoms with Crippen molar-refractivity contribution >= 4 is 5.97 Å². The maximum atomic E-state index is 11.7. The first-order chi connectivity index (χ1) is 9.60. The van der Waals surface area contributed by atoms with Gasteiger partial charge in [0.25, 0.3) is 0 Å². The molecule has 0 bridgehead atoms. The molecule has 2 atom stereocenters. The van der Waals surface area contributed by atoms with Crippen molar-refractivity contribution in [2.24, 2.45) is 5.92 Å². The number of carbonyl (C=O) groups is 1. The Labute approximate surface area is 122 Å². The monoisotopic (exact) mass is 284 g/mol. The molecule has 0 radical (unpaired) electrons. The number of nitrogens with zero attached hydrogens (tertiary/aromatic N) is 2. The lowest BCUT2D eigenvalue weighted by Crippen LogP contribution is -2.51. The van der Waals surface area contributed by atoms with Crippen LogP contribution in [0.1, 0.15) is 26.7 Å². The van der Waals surface area contributed by atoms with E-state index >= 15 is 0 Å². The summed E-state index contributed by atoms with van der Waals surface area (Å²) in [5.74, 6) is -0.0263. The van der Waals surface area contributed by atoms with Gasteiger partial charge in [-0.25, -0.2) is 0 Å². The van der Waals surface area contributed by atoms with Crippen molar-refractivity contribution in [3.63, 3.8) is 0 Å². The van der Waals surface area contributed by atoms with Gasteiger partial charge in [-0.2, -0.15) is 0 Å². The first-order valence-electron chi connectivity index (χ1n) is 7.76. The average molecular weight is 284 g/mol. The fraction of sp³-hybridized carbons (Fsp3) is 0.933. The van der Waals surface area contributed by atoms with E-state index in [1.54, 1.807) is 0 Å². The van der Waals surface area contributed by atoms with E-state index in [4.69, 9.17) is 9.47 Å². The van der Waals surface area contributed by atoms with E-state index in [1.165, 1.54) is 7.11 Å². The molecule has 2 aliphatic rings. The summed E-state index contributed by atoms with van der Waals surface area (Å²) in [6, 6.07) is 0.575. The lowest BCUT2D eigenvalue weighted by Gasteiger charge is -2.39. The molecular formula is C15H28N2O3. The molecule has 2 unspecified atom stereocenters. The SMILES string of the molecule is COC(=O)C1CCCN(CC2CN(C(C)C)CCO2)C1. The first-order valence-corrected chi connectivity index (χ1v) is 7.76. The third kappa shape index (κ3) is 4.17. The zero-order valence-corrected chi connectivity index (χ0v) is 13.0. The predicted octanol–water partition coefficient (Wildman–Crippen LogP) is 0.981. The van der Waals surface area contributed by atoms with Crippen LogP contribution in [0.4, 0.5) is 0 Å². The molecule has 0 saturated carbocycles. The molecule has 5 heteroatoms. The Morgan fingerprint density at radius 1 is 1.35 bits per heavy atom. The molecule has 2 saturated heterocycles. The molecule has 0 spiro atoms. The molecule has 0 N–H and O–H groups in total. The van der Waals surface area contributed by atoms with Crippen LogP contribution >= 0.6 is 0 Å². The van der Waals surface area contributed by atoms with Crippen molar-refractivity contribution < 1.29 is 14.3 Å². The third-order valence-electron chi connectivity index (χ3n) is 4.40. The Bertz CT molecular complexity index is 322. The van der Waals surface area contributed by atoms with Crippen LogP contribution in [0.2, 0.25) is 0 Å². The second-order valence-electron chi connectivity index (χ2n) is 6.20. The van der Waals surface area contributed by atoms with Crippen molar-refractivity contribution in [1.29, 1.82) is 0 Å². The van der Waals surface area contributed by atoms with Crippen LogP contribution in [0.15, 0.2) is 0 Å². The van der Waals surface area contributed by atoms with Crippen LogP contribution < -0.4 is 0 Å². The zero-order valence-electron chi connectivity index (χ0n) is 13.0. The van der Waals surface area contributed by atoms with E-state index in [0.29, 0.717) is 6.04 Å². The number of hydrogen-bond donors (Lipinski definition) is 0. The van der Waals surface area contributed by atoms with Gasteiger partial charge in [-0.3, -0.25) is 14.6 Å².